The number of benzene rings is 2. The van der Waals surface area contributed by atoms with Crippen LogP contribution in [0.1, 0.15) is 0 Å². The maximum absolute atomic E-state index is 13.9. The van der Waals surface area contributed by atoms with E-state index in [2.05, 4.69) is 14.7 Å². The minimum Gasteiger partial charge on any atom is -0.497 e. The molecule has 4 heterocycles. The number of methoxy groups -OCH3 is 1. The molecule has 0 saturated carbocycles. The Labute approximate surface area is 231 Å². The molecule has 14 heteroatoms. The van der Waals surface area contributed by atoms with Crippen LogP contribution in [0.5, 0.6) is 5.75 Å². The minimum absolute atomic E-state index is 0.0271. The first kappa shape index (κ1) is 26.3. The van der Waals surface area contributed by atoms with Gasteiger partial charge in [0, 0.05) is 38.1 Å². The van der Waals surface area contributed by atoms with E-state index >= 15 is 0 Å². The molecule has 0 radical (unpaired) electrons. The predicted molar refractivity (Wildman–Crippen MR) is 144 cm³/mol. The van der Waals surface area contributed by atoms with Crippen LogP contribution in [0.2, 0.25) is 5.02 Å². The van der Waals surface area contributed by atoms with Gasteiger partial charge in [0.1, 0.15) is 23.5 Å². The first-order valence-corrected chi connectivity index (χ1v) is 12.9. The molecule has 1 saturated heterocycles. The average molecular weight is 593 g/mol. The Kier molecular flexibility index (Phi) is 6.13. The van der Waals surface area contributed by atoms with Crippen LogP contribution in [0.15, 0.2) is 64.4 Å². The smallest absolute Gasteiger partial charge is 0.377 e. The maximum Gasteiger partial charge on any atom is 0.377 e. The van der Waals surface area contributed by atoms with E-state index in [9.17, 15) is 27.2 Å². The number of H-pyrrole nitrogens is 1. The van der Waals surface area contributed by atoms with Gasteiger partial charge >= 0.3 is 17.9 Å². The van der Waals surface area contributed by atoms with Crippen molar-refractivity contribution in [3.63, 3.8) is 0 Å². The molecule has 0 amide bonds. The minimum atomic E-state index is -4.08. The van der Waals surface area contributed by atoms with Crippen molar-refractivity contribution in [3.05, 3.63) is 80.7 Å². The number of pyridine rings is 1. The summed E-state index contributed by atoms with van der Waals surface area (Å²) in [6, 6.07) is 10.9. The van der Waals surface area contributed by atoms with Crippen molar-refractivity contribution in [3.8, 4) is 21.9 Å². The highest BCUT2D eigenvalue weighted by Gasteiger charge is 2.51. The van der Waals surface area contributed by atoms with Gasteiger partial charge in [-0.05, 0) is 36.4 Å². The molecule has 1 N–H and O–H groups in total. The van der Waals surface area contributed by atoms with Crippen molar-refractivity contribution in [2.45, 2.75) is 12.2 Å². The molecule has 6 rings (SSSR count). The number of alkyl halides is 4. The quantitative estimate of drug-likeness (QED) is 0.272. The van der Waals surface area contributed by atoms with Gasteiger partial charge in [0.25, 0.3) is 5.56 Å². The fraction of sp³-hybridized carbons (Fsp3) is 0.192. The molecule has 2 aromatic carbocycles. The second-order valence-electron chi connectivity index (χ2n) is 9.07. The van der Waals surface area contributed by atoms with Crippen LogP contribution < -0.4 is 20.9 Å². The van der Waals surface area contributed by atoms with Crippen LogP contribution in [0, 0.1) is 0 Å². The van der Waals surface area contributed by atoms with E-state index in [1.807, 2.05) is 0 Å². The van der Waals surface area contributed by atoms with Crippen LogP contribution in [0.3, 0.4) is 0 Å². The number of aromatic nitrogens is 3. The monoisotopic (exact) mass is 592 g/mol. The van der Waals surface area contributed by atoms with Crippen molar-refractivity contribution >= 4 is 49.6 Å². The topological polar surface area (TPSA) is 89.5 Å². The molecule has 1 fully saturated rings. The zero-order valence-corrected chi connectivity index (χ0v) is 22.0. The number of nitrogens with zero attached hydrogens (tertiary/aromatic N) is 3. The molecule has 0 aliphatic carbocycles. The molecule has 5 aromatic rings. The second kappa shape index (κ2) is 9.32. The highest BCUT2D eigenvalue weighted by atomic mass is 35.5. The number of nitrogens with one attached hydrogen (secondary N) is 1. The zero-order valence-electron chi connectivity index (χ0n) is 20.4. The van der Waals surface area contributed by atoms with Gasteiger partial charge in [0.2, 0.25) is 0 Å². The van der Waals surface area contributed by atoms with Crippen LogP contribution in [0.25, 0.3) is 37.1 Å². The largest absolute Gasteiger partial charge is 0.497 e. The molecular formula is C26H17ClF4N4O4S. The average Bonchev–Trinajstić information content (AvgIpc) is 3.31. The normalized spacial score (nSPS) is 16.5. The molecular weight excluding hydrogens is 576 g/mol. The number of morpholine rings is 1. The Balaban J connectivity index is 1.50. The number of thiophene rings is 1. The Morgan fingerprint density at radius 3 is 2.52 bits per heavy atom. The van der Waals surface area contributed by atoms with Crippen LogP contribution in [-0.4, -0.2) is 47.0 Å². The summed E-state index contributed by atoms with van der Waals surface area (Å²) in [6.45, 7) is -2.21. The number of anilines is 1. The lowest BCUT2D eigenvalue weighted by molar-refractivity contribution is -0.380. The van der Waals surface area contributed by atoms with E-state index in [-0.39, 0.29) is 27.0 Å². The Hall–Kier alpha value is -3.94. The van der Waals surface area contributed by atoms with E-state index in [4.69, 9.17) is 16.3 Å². The molecule has 1 aliphatic rings. The van der Waals surface area contributed by atoms with E-state index < -0.39 is 36.6 Å². The van der Waals surface area contributed by atoms with Gasteiger partial charge in [0.05, 0.1) is 24.5 Å². The molecule has 0 unspecified atom stereocenters. The van der Waals surface area contributed by atoms with E-state index in [0.717, 1.165) is 20.8 Å². The standard InChI is InChI=1S/C26H17ClF4N4O4S/c1-38-15-4-5-18(27)17(7-15)21-8-19-22(40-21)23(36)35(24(37)33-19)20-10-32-9-13-2-3-14(6-16(13)20)34-11-25(28,29)39-26(30,31)12-34/h2-10H,11-12H2,1H3,(H,33,37). The second-order valence-corrected chi connectivity index (χ2v) is 10.5. The molecule has 3 aromatic heterocycles. The van der Waals surface area contributed by atoms with Crippen molar-refractivity contribution in [2.24, 2.45) is 0 Å². The molecule has 40 heavy (non-hydrogen) atoms. The van der Waals surface area contributed by atoms with Crippen LogP contribution in [0.4, 0.5) is 23.2 Å². The lowest BCUT2D eigenvalue weighted by Crippen LogP contribution is -2.55. The number of aromatic amines is 1. The Bertz CT molecular complexity index is 1910. The molecule has 0 bridgehead atoms. The van der Waals surface area contributed by atoms with Gasteiger partial charge in [-0.3, -0.25) is 14.5 Å². The highest BCUT2D eigenvalue weighted by molar-refractivity contribution is 7.22. The summed E-state index contributed by atoms with van der Waals surface area (Å²) in [5, 5.41) is 1.14. The summed E-state index contributed by atoms with van der Waals surface area (Å²) < 4.78 is 65.5. The first-order valence-electron chi connectivity index (χ1n) is 11.7. The maximum atomic E-state index is 13.9. The summed E-state index contributed by atoms with van der Waals surface area (Å²) in [7, 11) is 1.51. The zero-order chi connectivity index (χ0) is 28.4. The number of ether oxygens (including phenoxy) is 2. The number of fused-ring (bicyclic) bond motifs is 2. The third kappa shape index (κ3) is 4.59. The van der Waals surface area contributed by atoms with Crippen molar-refractivity contribution in [1.82, 2.24) is 14.5 Å². The van der Waals surface area contributed by atoms with Gasteiger partial charge in [0.15, 0.2) is 0 Å². The fourth-order valence-corrected chi connectivity index (χ4v) is 6.01. The van der Waals surface area contributed by atoms with Crippen molar-refractivity contribution in [1.29, 1.82) is 0 Å². The third-order valence-electron chi connectivity index (χ3n) is 6.39. The summed E-state index contributed by atoms with van der Waals surface area (Å²) in [5.74, 6) is 0.552. The Morgan fingerprint density at radius 2 is 1.80 bits per heavy atom. The van der Waals surface area contributed by atoms with Gasteiger partial charge < -0.3 is 14.6 Å². The number of hydrogen-bond donors (Lipinski definition) is 1. The Morgan fingerprint density at radius 1 is 1.05 bits per heavy atom. The highest BCUT2D eigenvalue weighted by Crippen LogP contribution is 2.38. The third-order valence-corrected chi connectivity index (χ3v) is 7.88. The number of rotatable bonds is 4. The molecule has 8 nitrogen and oxygen atoms in total. The summed E-state index contributed by atoms with van der Waals surface area (Å²) in [6.07, 6.45) is -5.46. The molecule has 206 valence electrons. The van der Waals surface area contributed by atoms with E-state index in [1.54, 1.807) is 24.3 Å². The molecule has 0 atom stereocenters. The summed E-state index contributed by atoms with van der Waals surface area (Å²) in [5.41, 5.74) is -0.463. The van der Waals surface area contributed by atoms with E-state index in [0.29, 0.717) is 26.6 Å². The van der Waals surface area contributed by atoms with Gasteiger partial charge in [-0.15, -0.1) is 11.3 Å². The summed E-state index contributed by atoms with van der Waals surface area (Å²) >= 11 is 7.48. The summed E-state index contributed by atoms with van der Waals surface area (Å²) in [4.78, 5) is 35.0. The number of hydrogen-bond acceptors (Lipinski definition) is 7. The van der Waals surface area contributed by atoms with Gasteiger partial charge in [-0.2, -0.15) is 17.6 Å². The predicted octanol–water partition coefficient (Wildman–Crippen LogP) is 5.64. The lowest BCUT2D eigenvalue weighted by atomic mass is 10.1. The van der Waals surface area contributed by atoms with Crippen molar-refractivity contribution in [2.75, 3.05) is 25.1 Å². The van der Waals surface area contributed by atoms with Crippen LogP contribution >= 0.6 is 22.9 Å². The fourth-order valence-electron chi connectivity index (χ4n) is 4.66. The van der Waals surface area contributed by atoms with Crippen molar-refractivity contribution < 1.29 is 27.0 Å². The van der Waals surface area contributed by atoms with Gasteiger partial charge in [-0.1, -0.05) is 17.7 Å². The first-order chi connectivity index (χ1) is 18.9. The molecule has 1 aliphatic heterocycles. The van der Waals surface area contributed by atoms with Crippen LogP contribution in [-0.2, 0) is 4.74 Å². The number of halogens is 5. The van der Waals surface area contributed by atoms with Gasteiger partial charge in [-0.25, -0.2) is 9.36 Å². The lowest BCUT2D eigenvalue weighted by Gasteiger charge is -2.38. The molecule has 0 spiro atoms. The SMILES string of the molecule is COc1ccc(Cl)c(-c2cc3[nH]c(=O)n(-c4cncc5ccc(N6CC(F)(F)OC(F)(F)C6)cc45)c(=O)c3s2)c1. The van der Waals surface area contributed by atoms with E-state index in [1.165, 1.54) is 37.7 Å².